The van der Waals surface area contributed by atoms with Crippen molar-refractivity contribution in [2.75, 3.05) is 0 Å². The summed E-state index contributed by atoms with van der Waals surface area (Å²) in [5.41, 5.74) is 2.25. The van der Waals surface area contributed by atoms with Gasteiger partial charge in [-0.05, 0) is 0 Å². The van der Waals surface area contributed by atoms with Gasteiger partial charge in [0.25, 0.3) is 0 Å². The van der Waals surface area contributed by atoms with Crippen LogP contribution in [0.5, 0.6) is 0 Å². The van der Waals surface area contributed by atoms with Gasteiger partial charge in [-0.25, -0.2) is 0 Å². The van der Waals surface area contributed by atoms with Gasteiger partial charge in [-0.3, -0.25) is 0 Å². The third-order valence-electron chi connectivity index (χ3n) is 5.89. The van der Waals surface area contributed by atoms with Crippen LogP contribution < -0.4 is 15.9 Å². The molecule has 1 heterocycles. The zero-order valence-electron chi connectivity index (χ0n) is 17.5. The Morgan fingerprint density at radius 1 is 0.625 bits per heavy atom. The summed E-state index contributed by atoms with van der Waals surface area (Å²) in [6, 6.07) is 40.9. The van der Waals surface area contributed by atoms with Gasteiger partial charge in [-0.15, -0.1) is 0 Å². The van der Waals surface area contributed by atoms with Crippen LogP contribution in [0.4, 0.5) is 0 Å². The molecule has 0 radical (unpaired) electrons. The Hall–Kier alpha value is -2.77. The zero-order chi connectivity index (χ0) is 21.8. The summed E-state index contributed by atoms with van der Waals surface area (Å²) in [6.07, 6.45) is 0.912. The van der Waals surface area contributed by atoms with Crippen molar-refractivity contribution in [1.29, 1.82) is 0 Å². The van der Waals surface area contributed by atoms with E-state index in [2.05, 4.69) is 96.4 Å². The van der Waals surface area contributed by atoms with Crippen molar-refractivity contribution in [2.45, 2.75) is 6.16 Å². The number of halogens is 1. The van der Waals surface area contributed by atoms with Crippen LogP contribution >= 0.6 is 30.2 Å². The van der Waals surface area contributed by atoms with E-state index in [1.54, 1.807) is 11.3 Å². The van der Waals surface area contributed by atoms with Crippen molar-refractivity contribution in [3.8, 4) is 10.6 Å². The van der Waals surface area contributed by atoms with Crippen LogP contribution in [0.3, 0.4) is 0 Å². The van der Waals surface area contributed by atoms with Gasteiger partial charge in [0.05, 0.1) is 0 Å². The summed E-state index contributed by atoms with van der Waals surface area (Å²) in [4.78, 5) is 5.08. The summed E-state index contributed by atoms with van der Waals surface area (Å²) in [5, 5.41) is 8.21. The fourth-order valence-electron chi connectivity index (χ4n) is 4.36. The average molecular weight is 472 g/mol. The predicted molar refractivity (Wildman–Crippen MR) is 143 cm³/mol. The van der Waals surface area contributed by atoms with Crippen molar-refractivity contribution >= 4 is 46.1 Å². The molecule has 0 saturated heterocycles. The topological polar surface area (TPSA) is 12.9 Å². The quantitative estimate of drug-likeness (QED) is 0.251. The molecule has 0 aliphatic heterocycles. The van der Waals surface area contributed by atoms with Gasteiger partial charge in [0.1, 0.15) is 0 Å². The molecule has 1 nitrogen and oxygen atoms in total. The van der Waals surface area contributed by atoms with Crippen LogP contribution in [0.15, 0.2) is 121 Å². The first kappa shape index (κ1) is 21.1. The van der Waals surface area contributed by atoms with E-state index in [0.29, 0.717) is 0 Å². The van der Waals surface area contributed by atoms with Gasteiger partial charge in [0.15, 0.2) is 0 Å². The van der Waals surface area contributed by atoms with Gasteiger partial charge < -0.3 is 0 Å². The molecule has 0 aliphatic carbocycles. The van der Waals surface area contributed by atoms with Crippen LogP contribution in [-0.4, -0.2) is 4.98 Å². The van der Waals surface area contributed by atoms with Crippen molar-refractivity contribution in [1.82, 2.24) is 4.98 Å². The first-order valence-electron chi connectivity index (χ1n) is 10.6. The predicted octanol–water partition coefficient (Wildman–Crippen LogP) is 6.69. The van der Waals surface area contributed by atoms with Gasteiger partial charge in [-0.1, -0.05) is 0 Å². The third kappa shape index (κ3) is 4.14. The Morgan fingerprint density at radius 3 is 1.56 bits per heavy atom. The number of aromatic nitrogens is 1. The Balaban J connectivity index is 1.66. The molecular formula is C28H23ClNPS. The number of rotatable bonds is 6. The van der Waals surface area contributed by atoms with Crippen molar-refractivity contribution < 1.29 is 0 Å². The Bertz CT molecular complexity index is 1190. The van der Waals surface area contributed by atoms with E-state index >= 15 is 0 Å². The molecule has 0 unspecified atom stereocenters. The maximum absolute atomic E-state index is 6.08. The summed E-state index contributed by atoms with van der Waals surface area (Å²) in [7, 11) is -2.34. The van der Waals surface area contributed by atoms with Crippen LogP contribution in [0.1, 0.15) is 5.69 Å². The van der Waals surface area contributed by atoms with E-state index < -0.39 is 7.26 Å². The summed E-state index contributed by atoms with van der Waals surface area (Å²) >= 11 is 7.79. The Kier molecular flexibility index (Phi) is 6.19. The maximum atomic E-state index is 6.08. The number of hydrogen-bond acceptors (Lipinski definition) is 2. The van der Waals surface area contributed by atoms with Crippen LogP contribution in [0.25, 0.3) is 10.6 Å². The number of thiazole rings is 1. The second-order valence-electron chi connectivity index (χ2n) is 7.83. The molecular weight excluding hydrogens is 449 g/mol. The van der Waals surface area contributed by atoms with Crippen LogP contribution in [-0.2, 0) is 6.16 Å². The summed E-state index contributed by atoms with van der Waals surface area (Å²) in [5.74, 6) is 0. The minimum atomic E-state index is -2.34. The first-order chi connectivity index (χ1) is 15.8. The molecule has 0 bridgehead atoms. The molecule has 0 aliphatic rings. The Morgan fingerprint density at radius 2 is 1.09 bits per heavy atom. The molecule has 0 atom stereocenters. The molecule has 0 N–H and O–H groups in total. The molecule has 4 heteroatoms. The molecule has 5 rings (SSSR count). The van der Waals surface area contributed by atoms with Gasteiger partial charge >= 0.3 is 199 Å². The molecule has 32 heavy (non-hydrogen) atoms. The molecule has 158 valence electrons. The first-order valence-corrected chi connectivity index (χ1v) is 14.1. The van der Waals surface area contributed by atoms with Gasteiger partial charge in [-0.2, -0.15) is 0 Å². The van der Waals surface area contributed by atoms with Crippen LogP contribution in [0.2, 0.25) is 5.02 Å². The molecule has 4 aromatic carbocycles. The number of hydrogen-bond donors (Lipinski definition) is 0. The second kappa shape index (κ2) is 9.38. The minimum absolute atomic E-state index is 0.745. The third-order valence-corrected chi connectivity index (χ3v) is 11.9. The fraction of sp³-hybridized carbons (Fsp3) is 0.0357. The van der Waals surface area contributed by atoms with E-state index in [1.807, 2.05) is 24.3 Å². The van der Waals surface area contributed by atoms with Crippen LogP contribution in [0, 0.1) is 0 Å². The molecule has 5 aromatic rings. The van der Waals surface area contributed by atoms with Crippen molar-refractivity contribution in [3.05, 3.63) is 131 Å². The van der Waals surface area contributed by atoms with Gasteiger partial charge in [0, 0.05) is 0 Å². The standard InChI is InChI=1S/C28H23ClNPS/c29-23-18-16-22(17-19-23)28-30-24(21-32-28)20-31(25-10-4-1-5-11-25,26-12-6-2-7-13-26)27-14-8-3-9-15-27/h1-19,21,31H,20H2. The average Bonchev–Trinajstić information content (AvgIpc) is 3.33. The van der Waals surface area contributed by atoms with Crippen molar-refractivity contribution in [3.63, 3.8) is 0 Å². The monoisotopic (exact) mass is 471 g/mol. The van der Waals surface area contributed by atoms with Gasteiger partial charge in [0.2, 0.25) is 0 Å². The molecule has 0 saturated carbocycles. The second-order valence-corrected chi connectivity index (χ2v) is 13.0. The SMILES string of the molecule is Clc1ccc(-c2nc(C[PH](c3ccccc3)(c3ccccc3)c3ccccc3)cs2)cc1. The normalized spacial score (nSPS) is 11.9. The fourth-order valence-corrected chi connectivity index (χ4v) is 10.1. The Labute approximate surface area is 198 Å². The van der Waals surface area contributed by atoms with E-state index in [-0.39, 0.29) is 0 Å². The van der Waals surface area contributed by atoms with E-state index in [0.717, 1.165) is 27.4 Å². The van der Waals surface area contributed by atoms with E-state index in [4.69, 9.17) is 16.6 Å². The molecule has 0 amide bonds. The van der Waals surface area contributed by atoms with E-state index in [9.17, 15) is 0 Å². The van der Waals surface area contributed by atoms with Crippen molar-refractivity contribution in [2.24, 2.45) is 0 Å². The molecule has 0 fully saturated rings. The molecule has 0 spiro atoms. The summed E-state index contributed by atoms with van der Waals surface area (Å²) < 4.78 is 0. The van der Waals surface area contributed by atoms with E-state index in [1.165, 1.54) is 15.9 Å². The summed E-state index contributed by atoms with van der Waals surface area (Å²) in [6.45, 7) is 0. The zero-order valence-corrected chi connectivity index (χ0v) is 20.1. The number of benzene rings is 4. The number of nitrogens with zero attached hydrogens (tertiary/aromatic N) is 1. The molecule has 1 aromatic heterocycles.